The maximum atomic E-state index is 11.0. The lowest BCUT2D eigenvalue weighted by Crippen LogP contribution is -2.28. The molecule has 0 fully saturated rings. The Bertz CT molecular complexity index is 414. The van der Waals surface area contributed by atoms with Gasteiger partial charge in [0.05, 0.1) is 6.10 Å². The monoisotopic (exact) mass is 219 g/mol. The van der Waals surface area contributed by atoms with Crippen LogP contribution in [-0.2, 0) is 11.2 Å². The molecular formula is C13H17NO2. The summed E-state index contributed by atoms with van der Waals surface area (Å²) in [6.45, 7) is 5.79. The van der Waals surface area contributed by atoms with E-state index in [-0.39, 0.29) is 12.0 Å². The Kier molecular flexibility index (Phi) is 2.86. The predicted octanol–water partition coefficient (Wildman–Crippen LogP) is 2.60. The summed E-state index contributed by atoms with van der Waals surface area (Å²) in [6.07, 6.45) is 1.27. The number of carbonyl (C=O) groups excluding carboxylic acids is 1. The van der Waals surface area contributed by atoms with E-state index in [0.29, 0.717) is 5.92 Å². The Morgan fingerprint density at radius 1 is 1.44 bits per heavy atom. The Balaban J connectivity index is 2.25. The van der Waals surface area contributed by atoms with Gasteiger partial charge in [0.25, 0.3) is 0 Å². The van der Waals surface area contributed by atoms with Crippen molar-refractivity contribution in [2.24, 2.45) is 5.92 Å². The Morgan fingerprint density at radius 3 is 2.88 bits per heavy atom. The van der Waals surface area contributed by atoms with Gasteiger partial charge in [-0.2, -0.15) is 0 Å². The third-order valence-corrected chi connectivity index (χ3v) is 3.04. The predicted molar refractivity (Wildman–Crippen MR) is 63.7 cm³/mol. The molecule has 0 bridgehead atoms. The Hall–Kier alpha value is -1.51. The van der Waals surface area contributed by atoms with Crippen molar-refractivity contribution in [2.75, 3.05) is 5.32 Å². The number of benzene rings is 1. The van der Waals surface area contributed by atoms with Crippen LogP contribution in [0.4, 0.5) is 5.69 Å². The Labute approximate surface area is 95.8 Å². The summed E-state index contributed by atoms with van der Waals surface area (Å²) in [5, 5.41) is 2.79. The second-order valence-corrected chi connectivity index (χ2v) is 4.51. The van der Waals surface area contributed by atoms with Crippen LogP contribution < -0.4 is 10.1 Å². The van der Waals surface area contributed by atoms with Crippen molar-refractivity contribution in [2.45, 2.75) is 33.3 Å². The maximum absolute atomic E-state index is 11.0. The summed E-state index contributed by atoms with van der Waals surface area (Å²) in [5.41, 5.74) is 2.02. The zero-order chi connectivity index (χ0) is 11.7. The van der Waals surface area contributed by atoms with Gasteiger partial charge in [0, 0.05) is 12.6 Å². The van der Waals surface area contributed by atoms with Gasteiger partial charge >= 0.3 is 0 Å². The average Bonchev–Trinajstić information content (AvgIpc) is 2.19. The summed E-state index contributed by atoms with van der Waals surface area (Å²) in [6, 6.07) is 5.81. The molecule has 1 aromatic rings. The van der Waals surface area contributed by atoms with E-state index >= 15 is 0 Å². The number of hydrogen-bond acceptors (Lipinski definition) is 2. The normalized spacial score (nSPS) is 23.2. The summed E-state index contributed by atoms with van der Waals surface area (Å²) in [7, 11) is 0. The molecule has 1 heterocycles. The first-order valence-electron chi connectivity index (χ1n) is 5.63. The number of rotatable bonds is 1. The maximum Gasteiger partial charge on any atom is 0.221 e. The highest BCUT2D eigenvalue weighted by Crippen LogP contribution is 2.32. The highest BCUT2D eigenvalue weighted by atomic mass is 16.5. The second kappa shape index (κ2) is 4.16. The molecule has 2 unspecified atom stereocenters. The number of anilines is 1. The Morgan fingerprint density at radius 2 is 2.19 bits per heavy atom. The van der Waals surface area contributed by atoms with Crippen LogP contribution in [0.2, 0.25) is 0 Å². The largest absolute Gasteiger partial charge is 0.490 e. The third kappa shape index (κ3) is 2.18. The van der Waals surface area contributed by atoms with Crippen molar-refractivity contribution in [3.8, 4) is 5.75 Å². The molecule has 16 heavy (non-hydrogen) atoms. The first-order valence-corrected chi connectivity index (χ1v) is 5.63. The molecule has 1 aliphatic heterocycles. The molecule has 0 radical (unpaired) electrons. The molecular weight excluding hydrogens is 202 g/mol. The average molecular weight is 219 g/mol. The van der Waals surface area contributed by atoms with Gasteiger partial charge in [0.15, 0.2) is 0 Å². The molecule has 3 heteroatoms. The number of fused-ring (bicyclic) bond motifs is 1. The van der Waals surface area contributed by atoms with Crippen LogP contribution in [-0.4, -0.2) is 12.0 Å². The van der Waals surface area contributed by atoms with Crippen LogP contribution in [0.5, 0.6) is 5.75 Å². The van der Waals surface area contributed by atoms with E-state index in [0.717, 1.165) is 17.9 Å². The SMILES string of the molecule is CC(=O)Nc1ccc2c(c1)CC(C)C(C)O2. The second-order valence-electron chi connectivity index (χ2n) is 4.51. The fourth-order valence-electron chi connectivity index (χ4n) is 1.96. The molecule has 1 amide bonds. The standard InChI is InChI=1S/C13H17NO2/c1-8-6-11-7-12(14-10(3)15)4-5-13(11)16-9(8)2/h4-5,7-9H,6H2,1-3H3,(H,14,15). The summed E-state index contributed by atoms with van der Waals surface area (Å²) < 4.78 is 5.79. The van der Waals surface area contributed by atoms with E-state index in [1.165, 1.54) is 12.5 Å². The minimum Gasteiger partial charge on any atom is -0.490 e. The van der Waals surface area contributed by atoms with Crippen LogP contribution in [0.15, 0.2) is 18.2 Å². The van der Waals surface area contributed by atoms with Crippen molar-refractivity contribution < 1.29 is 9.53 Å². The van der Waals surface area contributed by atoms with Crippen molar-refractivity contribution in [1.82, 2.24) is 0 Å². The quantitative estimate of drug-likeness (QED) is 0.788. The molecule has 2 rings (SSSR count). The lowest BCUT2D eigenvalue weighted by molar-refractivity contribution is -0.114. The summed E-state index contributed by atoms with van der Waals surface area (Å²) >= 11 is 0. The molecule has 1 aromatic carbocycles. The van der Waals surface area contributed by atoms with Gasteiger partial charge in [-0.3, -0.25) is 4.79 Å². The lowest BCUT2D eigenvalue weighted by atomic mass is 9.93. The first-order chi connectivity index (χ1) is 7.56. The number of hydrogen-bond donors (Lipinski definition) is 1. The van der Waals surface area contributed by atoms with Crippen LogP contribution in [0.3, 0.4) is 0 Å². The third-order valence-electron chi connectivity index (χ3n) is 3.04. The number of carbonyl (C=O) groups is 1. The molecule has 86 valence electrons. The molecule has 1 N–H and O–H groups in total. The van der Waals surface area contributed by atoms with Gasteiger partial charge in [0.1, 0.15) is 5.75 Å². The van der Waals surface area contributed by atoms with E-state index in [1.807, 2.05) is 18.2 Å². The molecule has 0 saturated heterocycles. The van der Waals surface area contributed by atoms with Gasteiger partial charge in [-0.05, 0) is 43.0 Å². The molecule has 0 spiro atoms. The topological polar surface area (TPSA) is 38.3 Å². The van der Waals surface area contributed by atoms with Gasteiger partial charge < -0.3 is 10.1 Å². The number of nitrogens with one attached hydrogen (secondary N) is 1. The minimum atomic E-state index is -0.0434. The van der Waals surface area contributed by atoms with Crippen molar-refractivity contribution in [3.63, 3.8) is 0 Å². The van der Waals surface area contributed by atoms with Gasteiger partial charge in [-0.25, -0.2) is 0 Å². The zero-order valence-corrected chi connectivity index (χ0v) is 9.91. The minimum absolute atomic E-state index is 0.0434. The van der Waals surface area contributed by atoms with Gasteiger partial charge in [0.2, 0.25) is 5.91 Å². The molecule has 0 saturated carbocycles. The zero-order valence-electron chi connectivity index (χ0n) is 9.91. The fraction of sp³-hybridized carbons (Fsp3) is 0.462. The fourth-order valence-corrected chi connectivity index (χ4v) is 1.96. The molecule has 0 aromatic heterocycles. The number of ether oxygens (including phenoxy) is 1. The lowest BCUT2D eigenvalue weighted by Gasteiger charge is -2.29. The van der Waals surface area contributed by atoms with E-state index in [4.69, 9.17) is 4.74 Å². The summed E-state index contributed by atoms with van der Waals surface area (Å²) in [5.74, 6) is 1.41. The smallest absolute Gasteiger partial charge is 0.221 e. The van der Waals surface area contributed by atoms with E-state index in [1.54, 1.807) is 0 Å². The molecule has 0 aliphatic carbocycles. The van der Waals surface area contributed by atoms with Gasteiger partial charge in [-0.15, -0.1) is 0 Å². The van der Waals surface area contributed by atoms with Crippen LogP contribution in [0, 0.1) is 5.92 Å². The van der Waals surface area contributed by atoms with Crippen molar-refractivity contribution >= 4 is 11.6 Å². The highest BCUT2D eigenvalue weighted by Gasteiger charge is 2.23. The van der Waals surface area contributed by atoms with Crippen molar-refractivity contribution in [3.05, 3.63) is 23.8 Å². The summed E-state index contributed by atoms with van der Waals surface area (Å²) in [4.78, 5) is 11.0. The van der Waals surface area contributed by atoms with E-state index in [9.17, 15) is 4.79 Å². The highest BCUT2D eigenvalue weighted by molar-refractivity contribution is 5.88. The molecule has 3 nitrogen and oxygen atoms in total. The molecule has 1 aliphatic rings. The van der Waals surface area contributed by atoms with E-state index in [2.05, 4.69) is 19.2 Å². The van der Waals surface area contributed by atoms with Gasteiger partial charge in [-0.1, -0.05) is 6.92 Å². The number of amides is 1. The van der Waals surface area contributed by atoms with Crippen LogP contribution in [0.25, 0.3) is 0 Å². The van der Waals surface area contributed by atoms with Crippen LogP contribution in [0.1, 0.15) is 26.3 Å². The first kappa shape index (κ1) is 11.0. The van der Waals surface area contributed by atoms with E-state index < -0.39 is 0 Å². The van der Waals surface area contributed by atoms with Crippen LogP contribution >= 0.6 is 0 Å². The van der Waals surface area contributed by atoms with Crippen molar-refractivity contribution in [1.29, 1.82) is 0 Å². The molecule has 2 atom stereocenters.